The molecule has 3 aromatic carbocycles. The minimum absolute atomic E-state index is 0.0198. The Balaban J connectivity index is 1.65. The molecule has 8 nitrogen and oxygen atoms in total. The Kier molecular flexibility index (Phi) is 12.3. The minimum Gasteiger partial charge on any atom is -0.452 e. The highest BCUT2D eigenvalue weighted by Crippen LogP contribution is 2.48. The zero-order valence-corrected chi connectivity index (χ0v) is 32.6. The zero-order chi connectivity index (χ0) is 35.3. The highest BCUT2D eigenvalue weighted by molar-refractivity contribution is 7.99. The van der Waals surface area contributed by atoms with E-state index in [2.05, 4.69) is 55.4 Å². The second-order valence-corrected chi connectivity index (χ2v) is 24.0. The number of benzene rings is 3. The van der Waals surface area contributed by atoms with Gasteiger partial charge in [-0.25, -0.2) is 9.59 Å². The molecule has 0 saturated carbocycles. The van der Waals surface area contributed by atoms with Gasteiger partial charge in [0.05, 0.1) is 17.7 Å². The van der Waals surface area contributed by atoms with Crippen molar-refractivity contribution in [1.82, 2.24) is 0 Å². The maximum atomic E-state index is 13.9. The number of hydrogen-bond acceptors (Lipinski definition) is 9. The first kappa shape index (κ1) is 37.5. The van der Waals surface area contributed by atoms with E-state index in [0.717, 1.165) is 4.90 Å². The lowest BCUT2D eigenvalue weighted by atomic mass is 9.99. The predicted octanol–water partition coefficient (Wildman–Crippen LogP) is 8.91. The fourth-order valence-corrected chi connectivity index (χ4v) is 19.1. The molecule has 0 N–H and O–H groups in total. The van der Waals surface area contributed by atoms with E-state index in [1.165, 1.54) is 11.8 Å². The monoisotopic (exact) mass is 722 g/mol. The first-order valence-corrected chi connectivity index (χ1v) is 22.1. The van der Waals surface area contributed by atoms with Crippen molar-refractivity contribution in [2.45, 2.75) is 112 Å². The average Bonchev–Trinajstić information content (AvgIpc) is 3.08. The van der Waals surface area contributed by atoms with Crippen molar-refractivity contribution in [1.29, 1.82) is 0 Å². The summed E-state index contributed by atoms with van der Waals surface area (Å²) in [4.78, 5) is 28.6. The molecule has 3 aromatic rings. The number of rotatable bonds is 10. The molecule has 0 aliphatic carbocycles. The van der Waals surface area contributed by atoms with Crippen LogP contribution < -0.4 is 0 Å². The van der Waals surface area contributed by atoms with Crippen molar-refractivity contribution in [3.8, 4) is 0 Å². The Morgan fingerprint density at radius 3 is 1.57 bits per heavy atom. The summed E-state index contributed by atoms with van der Waals surface area (Å²) in [5.74, 6) is -1.09. The minimum atomic E-state index is -3.17. The smallest absolute Gasteiger partial charge is 0.338 e. The molecule has 0 aromatic heterocycles. The summed E-state index contributed by atoms with van der Waals surface area (Å²) in [5.41, 5.74) is 0.331. The highest BCUT2D eigenvalue weighted by Gasteiger charge is 2.62. The summed E-state index contributed by atoms with van der Waals surface area (Å²) in [7, 11) is -6.06. The molecule has 0 amide bonds. The molecular weight excluding hydrogens is 673 g/mol. The lowest BCUT2D eigenvalue weighted by Gasteiger charge is -2.55. The third-order valence-electron chi connectivity index (χ3n) is 9.42. The topological polar surface area (TPSA) is 89.5 Å². The van der Waals surface area contributed by atoms with Crippen LogP contribution in [0.1, 0.15) is 76.1 Å². The van der Waals surface area contributed by atoms with Gasteiger partial charge in [-0.3, -0.25) is 0 Å². The van der Waals surface area contributed by atoms with E-state index in [-0.39, 0.29) is 28.8 Å². The Hall–Kier alpha value is -2.78. The molecule has 2 fully saturated rings. The molecule has 264 valence electrons. The van der Waals surface area contributed by atoms with Gasteiger partial charge in [-0.1, -0.05) is 122 Å². The van der Waals surface area contributed by atoms with Gasteiger partial charge < -0.3 is 27.2 Å². The van der Waals surface area contributed by atoms with Gasteiger partial charge >= 0.3 is 29.1 Å². The molecule has 49 heavy (non-hydrogen) atoms. The fourth-order valence-electron chi connectivity index (χ4n) is 6.81. The fraction of sp³-hybridized carbons (Fsp3) is 0.474. The van der Waals surface area contributed by atoms with E-state index in [0.29, 0.717) is 11.1 Å². The number of hydrogen-bond donors (Lipinski definition) is 0. The van der Waals surface area contributed by atoms with Crippen molar-refractivity contribution in [3.63, 3.8) is 0 Å². The summed E-state index contributed by atoms with van der Waals surface area (Å²) in [6, 6.07) is 27.4. The molecular formula is C38H50O8SSi2. The van der Waals surface area contributed by atoms with Gasteiger partial charge in [0, 0.05) is 4.90 Å². The standard InChI is InChI=1S/C38H50O8SSi2/c1-25(2)48(26(3)4)41-24-32-33(45-49(46-48,27(5)6)28(7)8)34(43-36(39)29-18-12-9-13-19-29)35(44-37(40)30-20-14-10-15-21-30)38(42-32)47-31-22-16-11-17-23-31/h9-23,25-28,32-35,38H,24H2,1-8H3/t32-,33-,34+,35-,38+/m1/s1. The van der Waals surface area contributed by atoms with Crippen LogP contribution in [0.5, 0.6) is 0 Å². The van der Waals surface area contributed by atoms with Crippen LogP contribution in [-0.2, 0) is 27.2 Å². The van der Waals surface area contributed by atoms with Crippen LogP contribution in [0.2, 0.25) is 22.2 Å². The molecule has 0 bridgehead atoms. The Labute approximate surface area is 297 Å². The first-order valence-electron chi connectivity index (χ1n) is 17.3. The Bertz CT molecular complexity index is 1510. The van der Waals surface area contributed by atoms with Crippen LogP contribution in [0, 0.1) is 0 Å². The summed E-state index contributed by atoms with van der Waals surface area (Å²) < 4.78 is 41.6. The second kappa shape index (κ2) is 16.1. The highest BCUT2D eigenvalue weighted by atomic mass is 32.2. The van der Waals surface area contributed by atoms with Gasteiger partial charge in [-0.05, 0) is 58.6 Å². The Morgan fingerprint density at radius 2 is 1.10 bits per heavy atom. The van der Waals surface area contributed by atoms with E-state index in [4.69, 9.17) is 27.2 Å². The summed E-state index contributed by atoms with van der Waals surface area (Å²) in [5, 5.41) is 0. The van der Waals surface area contributed by atoms with Crippen molar-refractivity contribution in [2.24, 2.45) is 0 Å². The average molecular weight is 723 g/mol. The number of carbonyl (C=O) groups is 2. The van der Waals surface area contributed by atoms with Crippen LogP contribution in [0.4, 0.5) is 0 Å². The number of esters is 2. The molecule has 0 spiro atoms. The van der Waals surface area contributed by atoms with Gasteiger partial charge in [-0.15, -0.1) is 0 Å². The lowest BCUT2D eigenvalue weighted by molar-refractivity contribution is -0.208. The second-order valence-electron chi connectivity index (χ2n) is 14.0. The van der Waals surface area contributed by atoms with Crippen molar-refractivity contribution < 1.29 is 36.8 Å². The first-order chi connectivity index (χ1) is 23.4. The quantitative estimate of drug-likeness (QED) is 0.150. The number of carbonyl (C=O) groups excluding carboxylic acids is 2. The van der Waals surface area contributed by atoms with Crippen LogP contribution in [0.15, 0.2) is 95.9 Å². The summed E-state index contributed by atoms with van der Waals surface area (Å²) in [6.07, 6.45) is -3.55. The van der Waals surface area contributed by atoms with Crippen LogP contribution in [-0.4, -0.2) is 65.5 Å². The van der Waals surface area contributed by atoms with E-state index < -0.39 is 58.9 Å². The van der Waals surface area contributed by atoms with Crippen LogP contribution in [0.3, 0.4) is 0 Å². The van der Waals surface area contributed by atoms with Gasteiger partial charge in [0.1, 0.15) is 17.6 Å². The zero-order valence-electron chi connectivity index (χ0n) is 29.7. The van der Waals surface area contributed by atoms with Crippen molar-refractivity contribution in [2.75, 3.05) is 6.61 Å². The molecule has 5 rings (SSSR count). The van der Waals surface area contributed by atoms with Gasteiger partial charge in [-0.2, -0.15) is 0 Å². The van der Waals surface area contributed by atoms with E-state index in [9.17, 15) is 9.59 Å². The SMILES string of the molecule is CC(C)[Si]1(C(C)C)OC[C@H]2O[C@@H](Sc3ccccc3)[C@H](OC(=O)c3ccccc3)[C@@H](OC(=O)c3ccccc3)[C@@H]2O[Si](C(C)C)(C(C)C)O1. The molecule has 2 aliphatic heterocycles. The van der Waals surface area contributed by atoms with Crippen LogP contribution >= 0.6 is 11.8 Å². The van der Waals surface area contributed by atoms with E-state index in [1.54, 1.807) is 48.5 Å². The maximum absolute atomic E-state index is 13.9. The van der Waals surface area contributed by atoms with Gasteiger partial charge in [0.2, 0.25) is 0 Å². The number of ether oxygens (including phenoxy) is 3. The van der Waals surface area contributed by atoms with Crippen LogP contribution in [0.25, 0.3) is 0 Å². The normalized spacial score (nSPS) is 25.0. The number of fused-ring (bicyclic) bond motifs is 1. The van der Waals surface area contributed by atoms with Crippen molar-refractivity contribution >= 4 is 40.8 Å². The molecule has 2 aliphatic rings. The van der Waals surface area contributed by atoms with E-state index >= 15 is 0 Å². The molecule has 5 atom stereocenters. The predicted molar refractivity (Wildman–Crippen MR) is 196 cm³/mol. The molecule has 2 saturated heterocycles. The lowest BCUT2D eigenvalue weighted by Crippen LogP contribution is -2.70. The third-order valence-corrected chi connectivity index (χ3v) is 20.8. The largest absolute Gasteiger partial charge is 0.452 e. The van der Waals surface area contributed by atoms with Gasteiger partial charge in [0.15, 0.2) is 12.2 Å². The third kappa shape index (κ3) is 8.09. The molecule has 2 heterocycles. The molecule has 0 unspecified atom stereocenters. The van der Waals surface area contributed by atoms with Crippen molar-refractivity contribution in [3.05, 3.63) is 102 Å². The Morgan fingerprint density at radius 1 is 0.653 bits per heavy atom. The summed E-state index contributed by atoms with van der Waals surface area (Å²) >= 11 is 1.42. The number of thioether (sulfide) groups is 1. The molecule has 0 radical (unpaired) electrons. The van der Waals surface area contributed by atoms with Gasteiger partial charge in [0.25, 0.3) is 0 Å². The maximum Gasteiger partial charge on any atom is 0.338 e. The van der Waals surface area contributed by atoms with E-state index in [1.807, 2.05) is 42.5 Å². The summed E-state index contributed by atoms with van der Waals surface area (Å²) in [6.45, 7) is 17.4. The molecule has 11 heteroatoms.